The number of benzene rings is 2. The smallest absolute Gasteiger partial charge is 0.191 e. The predicted molar refractivity (Wildman–Crippen MR) is 116 cm³/mol. The topological polar surface area (TPSA) is 69.4 Å². The highest BCUT2D eigenvalue weighted by Gasteiger charge is 2.07. The molecule has 0 spiro atoms. The van der Waals surface area contributed by atoms with Gasteiger partial charge in [-0.25, -0.2) is 4.39 Å². The molecule has 0 aliphatic rings. The van der Waals surface area contributed by atoms with Crippen LogP contribution in [0.15, 0.2) is 41.4 Å². The molecule has 0 bridgehead atoms. The molecule has 0 aliphatic heterocycles. The first-order valence-electron chi connectivity index (χ1n) is 8.42. The van der Waals surface area contributed by atoms with Gasteiger partial charge in [0.25, 0.3) is 0 Å². The number of ether oxygens (including phenoxy) is 1. The molecule has 0 saturated carbocycles. The zero-order valence-corrected chi connectivity index (χ0v) is 18.0. The largest absolute Gasteiger partial charge is 0.494 e. The van der Waals surface area contributed by atoms with Crippen LogP contribution in [0.4, 0.5) is 4.39 Å². The minimum Gasteiger partial charge on any atom is -0.494 e. The predicted octanol–water partition coefficient (Wildman–Crippen LogP) is 3.89. The van der Waals surface area contributed by atoms with Crippen LogP contribution in [0.3, 0.4) is 0 Å². The lowest BCUT2D eigenvalue weighted by molar-refractivity contribution is 0.336. The first kappa shape index (κ1) is 22.7. The maximum atomic E-state index is 13.9. The molecule has 0 aromatic heterocycles. The van der Waals surface area contributed by atoms with Crippen molar-refractivity contribution in [1.29, 1.82) is 5.26 Å². The quantitative estimate of drug-likeness (QED) is 0.373. The molecule has 27 heavy (non-hydrogen) atoms. The first-order chi connectivity index (χ1) is 12.6. The van der Waals surface area contributed by atoms with E-state index in [9.17, 15) is 4.39 Å². The van der Waals surface area contributed by atoms with Gasteiger partial charge in [-0.1, -0.05) is 18.2 Å². The third kappa shape index (κ3) is 6.71. The lowest BCUT2D eigenvalue weighted by Gasteiger charge is -2.15. The lowest BCUT2D eigenvalue weighted by Crippen LogP contribution is -2.36. The van der Waals surface area contributed by atoms with Gasteiger partial charge in [-0.2, -0.15) is 5.26 Å². The van der Waals surface area contributed by atoms with E-state index in [0.717, 1.165) is 16.9 Å². The van der Waals surface area contributed by atoms with Gasteiger partial charge >= 0.3 is 0 Å². The number of guanidine groups is 1. The zero-order valence-electron chi connectivity index (χ0n) is 15.7. The average Bonchev–Trinajstić information content (AvgIpc) is 2.64. The summed E-state index contributed by atoms with van der Waals surface area (Å²) in [5.74, 6) is 0.981. The van der Waals surface area contributed by atoms with Gasteiger partial charge < -0.3 is 15.4 Å². The van der Waals surface area contributed by atoms with Gasteiger partial charge in [-0.05, 0) is 37.6 Å². The van der Waals surface area contributed by atoms with Gasteiger partial charge in [0.1, 0.15) is 11.6 Å². The van der Waals surface area contributed by atoms with Gasteiger partial charge in [0.15, 0.2) is 5.96 Å². The van der Waals surface area contributed by atoms with Gasteiger partial charge in [-0.15, -0.1) is 24.0 Å². The van der Waals surface area contributed by atoms with E-state index in [2.05, 4.69) is 15.6 Å². The van der Waals surface area contributed by atoms with Crippen molar-refractivity contribution in [2.24, 2.45) is 4.99 Å². The number of aryl methyl sites for hydroxylation is 1. The highest BCUT2D eigenvalue weighted by atomic mass is 127. The van der Waals surface area contributed by atoms with Crippen LogP contribution in [-0.2, 0) is 13.1 Å². The normalized spacial score (nSPS) is 10.6. The van der Waals surface area contributed by atoms with Crippen LogP contribution >= 0.6 is 24.0 Å². The van der Waals surface area contributed by atoms with E-state index in [1.807, 2.05) is 38.1 Å². The van der Waals surface area contributed by atoms with Crippen LogP contribution in [0, 0.1) is 24.1 Å². The van der Waals surface area contributed by atoms with Crippen LogP contribution in [0.5, 0.6) is 5.75 Å². The third-order valence-corrected chi connectivity index (χ3v) is 3.82. The average molecular weight is 482 g/mol. The summed E-state index contributed by atoms with van der Waals surface area (Å²) in [6, 6.07) is 12.4. The summed E-state index contributed by atoms with van der Waals surface area (Å²) >= 11 is 0. The molecule has 5 nitrogen and oxygen atoms in total. The zero-order chi connectivity index (χ0) is 18.9. The molecule has 0 unspecified atom stereocenters. The monoisotopic (exact) mass is 482 g/mol. The Morgan fingerprint density at radius 1 is 1.15 bits per heavy atom. The van der Waals surface area contributed by atoms with E-state index in [1.54, 1.807) is 19.2 Å². The van der Waals surface area contributed by atoms with Crippen molar-refractivity contribution in [2.45, 2.75) is 26.9 Å². The van der Waals surface area contributed by atoms with Crippen LogP contribution in [0.25, 0.3) is 0 Å². The van der Waals surface area contributed by atoms with Crippen LogP contribution < -0.4 is 15.4 Å². The maximum absolute atomic E-state index is 13.9. The van der Waals surface area contributed by atoms with E-state index in [0.29, 0.717) is 30.2 Å². The highest BCUT2D eigenvalue weighted by molar-refractivity contribution is 14.0. The molecule has 0 atom stereocenters. The van der Waals surface area contributed by atoms with Crippen molar-refractivity contribution < 1.29 is 9.13 Å². The molecule has 0 radical (unpaired) electrons. The molecule has 2 rings (SSSR count). The van der Waals surface area contributed by atoms with Crippen LogP contribution in [0.2, 0.25) is 0 Å². The molecule has 0 aliphatic carbocycles. The Balaban J connectivity index is 0.00000364. The SMILES string of the molecule is CCOc1cc(C)ccc1CNC(=NC)NCc1ccc(C#N)cc1F.I. The Hall–Kier alpha value is -2.34. The van der Waals surface area contributed by atoms with Gasteiger partial charge in [-0.3, -0.25) is 4.99 Å². The first-order valence-corrected chi connectivity index (χ1v) is 8.42. The van der Waals surface area contributed by atoms with E-state index < -0.39 is 5.82 Å². The molecule has 7 heteroatoms. The molecule has 0 amide bonds. The Labute approximate surface area is 176 Å². The Morgan fingerprint density at radius 2 is 1.81 bits per heavy atom. The maximum Gasteiger partial charge on any atom is 0.191 e. The van der Waals surface area contributed by atoms with Crippen LogP contribution in [-0.4, -0.2) is 19.6 Å². The minimum atomic E-state index is -0.413. The van der Waals surface area contributed by atoms with Crippen molar-refractivity contribution in [3.8, 4) is 11.8 Å². The summed E-state index contributed by atoms with van der Waals surface area (Å²) in [5.41, 5.74) is 2.93. The molecular weight excluding hydrogens is 458 g/mol. The Kier molecular flexibility index (Phi) is 9.58. The van der Waals surface area contributed by atoms with Gasteiger partial charge in [0.2, 0.25) is 0 Å². The van der Waals surface area contributed by atoms with E-state index in [-0.39, 0.29) is 30.5 Å². The second kappa shape index (κ2) is 11.4. The molecule has 2 N–H and O–H groups in total. The fourth-order valence-electron chi connectivity index (χ4n) is 2.44. The van der Waals surface area contributed by atoms with Crippen molar-refractivity contribution >= 4 is 29.9 Å². The third-order valence-electron chi connectivity index (χ3n) is 3.82. The molecule has 2 aromatic rings. The molecule has 2 aromatic carbocycles. The summed E-state index contributed by atoms with van der Waals surface area (Å²) in [7, 11) is 1.66. The summed E-state index contributed by atoms with van der Waals surface area (Å²) in [6.45, 7) is 5.37. The second-order valence-electron chi connectivity index (χ2n) is 5.74. The molecule has 144 valence electrons. The number of hydrogen-bond donors (Lipinski definition) is 2. The van der Waals surface area contributed by atoms with Crippen molar-refractivity contribution in [2.75, 3.05) is 13.7 Å². The Bertz CT molecular complexity index is 833. The van der Waals surface area contributed by atoms with Crippen molar-refractivity contribution in [1.82, 2.24) is 10.6 Å². The Morgan fingerprint density at radius 3 is 2.41 bits per heavy atom. The number of nitrogens with one attached hydrogen (secondary N) is 2. The fraction of sp³-hybridized carbons (Fsp3) is 0.300. The van der Waals surface area contributed by atoms with E-state index in [4.69, 9.17) is 10.00 Å². The summed E-state index contributed by atoms with van der Waals surface area (Å²) < 4.78 is 19.6. The lowest BCUT2D eigenvalue weighted by atomic mass is 10.1. The number of aliphatic imine (C=N–C) groups is 1. The molecular formula is C20H24FIN4O. The van der Waals surface area contributed by atoms with E-state index >= 15 is 0 Å². The van der Waals surface area contributed by atoms with Crippen LogP contribution in [0.1, 0.15) is 29.2 Å². The molecule has 0 heterocycles. The summed E-state index contributed by atoms with van der Waals surface area (Å²) in [4.78, 5) is 4.15. The van der Waals surface area contributed by atoms with Gasteiger partial charge in [0, 0.05) is 31.3 Å². The standard InChI is InChI=1S/C20H23FN4O.HI/c1-4-26-19-9-14(2)5-7-17(19)13-25-20(23-3)24-12-16-8-6-15(11-22)10-18(16)21;/h5-10H,4,12-13H2,1-3H3,(H2,23,24,25);1H. The number of rotatable bonds is 6. The number of nitriles is 1. The number of hydrogen-bond acceptors (Lipinski definition) is 3. The number of halogens is 2. The van der Waals surface area contributed by atoms with Crippen molar-refractivity contribution in [3.05, 3.63) is 64.5 Å². The highest BCUT2D eigenvalue weighted by Crippen LogP contribution is 2.20. The van der Waals surface area contributed by atoms with E-state index in [1.165, 1.54) is 6.07 Å². The molecule has 0 fully saturated rings. The summed E-state index contributed by atoms with van der Waals surface area (Å²) in [5, 5.41) is 15.1. The number of nitrogens with zero attached hydrogens (tertiary/aromatic N) is 2. The molecule has 0 saturated heterocycles. The fourth-order valence-corrected chi connectivity index (χ4v) is 2.44. The van der Waals surface area contributed by atoms with Gasteiger partial charge in [0.05, 0.1) is 18.2 Å². The summed E-state index contributed by atoms with van der Waals surface area (Å²) in [6.07, 6.45) is 0. The second-order valence-corrected chi connectivity index (χ2v) is 5.74. The minimum absolute atomic E-state index is 0. The van der Waals surface area contributed by atoms with Crippen molar-refractivity contribution in [3.63, 3.8) is 0 Å².